The summed E-state index contributed by atoms with van der Waals surface area (Å²) >= 11 is 0. The minimum atomic E-state index is -2.72. The van der Waals surface area contributed by atoms with Gasteiger partial charge in [0.05, 0.1) is 5.41 Å². The molecular weight excluding hydrogens is 126 g/mol. The fourth-order valence-electron chi connectivity index (χ4n) is 0.343. The summed E-state index contributed by atoms with van der Waals surface area (Å²) in [6, 6.07) is 0. The summed E-state index contributed by atoms with van der Waals surface area (Å²) in [7, 11) is -2.72. The molecule has 42 valence electrons. The van der Waals surface area contributed by atoms with E-state index in [4.69, 9.17) is 5.53 Å². The number of hydrogen-bond donors (Lipinski definition) is 0. The summed E-state index contributed by atoms with van der Waals surface area (Å²) in [5.74, 6) is 0. The molecule has 0 saturated carbocycles. The lowest BCUT2D eigenvalue weighted by molar-refractivity contribution is 0.684. The van der Waals surface area contributed by atoms with Gasteiger partial charge in [0.1, 0.15) is 0 Å². The Hall–Kier alpha value is -0.930. The van der Waals surface area contributed by atoms with Crippen LogP contribution in [0, 0.1) is 0 Å². The molecular formula is C3H3N3OS. The fraction of sp³-hybridized carbons (Fsp3) is 0. The van der Waals surface area contributed by atoms with Crippen molar-refractivity contribution in [3.63, 3.8) is 0 Å². The standard InChI is InChI=1S/C3H3N3OS/c4-6-8(7)3-1-2-5-8/h1-3H. The van der Waals surface area contributed by atoms with Crippen LogP contribution in [0.2, 0.25) is 0 Å². The zero-order valence-corrected chi connectivity index (χ0v) is 4.71. The molecule has 0 saturated heterocycles. The first-order valence-electron chi connectivity index (χ1n) is 1.89. The molecule has 0 spiro atoms. The van der Waals surface area contributed by atoms with Crippen molar-refractivity contribution in [2.24, 2.45) is 4.40 Å². The van der Waals surface area contributed by atoms with E-state index in [-0.39, 0.29) is 0 Å². The molecule has 0 N–H and O–H groups in total. The third-order valence-corrected chi connectivity index (χ3v) is 1.84. The predicted octanol–water partition coefficient (Wildman–Crippen LogP) is 0.0563. The van der Waals surface area contributed by atoms with Crippen molar-refractivity contribution in [3.05, 3.63) is 17.0 Å². The second-order valence-electron chi connectivity index (χ2n) is 1.20. The van der Waals surface area contributed by atoms with Crippen molar-refractivity contribution in [2.45, 2.75) is 0 Å². The number of rotatable bonds is 0. The second kappa shape index (κ2) is 1.54. The van der Waals surface area contributed by atoms with Gasteiger partial charge in [-0.25, -0.2) is 0 Å². The largest absolute Gasteiger partial charge is 0.385 e. The Kier molecular flexibility index (Phi) is 1.00. The van der Waals surface area contributed by atoms with Gasteiger partial charge in [0, 0.05) is 6.21 Å². The number of hydrogen-bond acceptors (Lipinski definition) is 1. The van der Waals surface area contributed by atoms with E-state index in [1.807, 2.05) is 0 Å². The molecule has 1 heterocycles. The molecule has 0 aromatic carbocycles. The topological polar surface area (TPSA) is 65.8 Å². The molecule has 1 aliphatic heterocycles. The maximum atomic E-state index is 10.7. The van der Waals surface area contributed by atoms with Gasteiger partial charge in [-0.2, -0.15) is 4.21 Å². The molecule has 0 aliphatic carbocycles. The maximum absolute atomic E-state index is 10.7. The molecule has 0 aromatic rings. The molecule has 5 heteroatoms. The van der Waals surface area contributed by atoms with E-state index in [1.165, 1.54) is 17.7 Å². The first kappa shape index (κ1) is 5.21. The summed E-state index contributed by atoms with van der Waals surface area (Å²) in [5.41, 5.74) is 8.01. The third-order valence-electron chi connectivity index (χ3n) is 0.671. The first-order valence-corrected chi connectivity index (χ1v) is 3.43. The van der Waals surface area contributed by atoms with Crippen molar-refractivity contribution < 1.29 is 4.21 Å². The zero-order valence-electron chi connectivity index (χ0n) is 3.89. The summed E-state index contributed by atoms with van der Waals surface area (Å²) in [5, 5.41) is 1.24. The minimum absolute atomic E-state index is 1.24. The normalized spacial score (nSPS) is 33.0. The Morgan fingerprint density at radius 2 is 2.50 bits per heavy atom. The molecule has 0 amide bonds. The molecule has 0 aromatic heterocycles. The molecule has 0 bridgehead atoms. The molecule has 1 atom stereocenters. The second-order valence-corrected chi connectivity index (χ2v) is 2.92. The van der Waals surface area contributed by atoms with Crippen LogP contribution in [0.5, 0.6) is 0 Å². The molecule has 1 unspecified atom stereocenters. The van der Waals surface area contributed by atoms with Gasteiger partial charge in [-0.05, 0) is 6.08 Å². The smallest absolute Gasteiger partial charge is 0.346 e. The van der Waals surface area contributed by atoms with Crippen molar-refractivity contribution in [3.8, 4) is 0 Å². The zero-order chi connectivity index (χ0) is 6.04. The van der Waals surface area contributed by atoms with Crippen LogP contribution in [0.3, 0.4) is 0 Å². The number of allylic oxidation sites excluding steroid dienone is 1. The summed E-state index contributed by atoms with van der Waals surface area (Å²) in [4.78, 5) is 0. The van der Waals surface area contributed by atoms with Crippen LogP contribution >= 0.6 is 0 Å². The Morgan fingerprint density at radius 3 is 2.75 bits per heavy atom. The van der Waals surface area contributed by atoms with Gasteiger partial charge in [0.2, 0.25) is 0 Å². The van der Waals surface area contributed by atoms with E-state index in [0.29, 0.717) is 0 Å². The van der Waals surface area contributed by atoms with Gasteiger partial charge in [-0.1, -0.05) is 4.16 Å². The van der Waals surface area contributed by atoms with Gasteiger partial charge in [-0.3, -0.25) is 0 Å². The van der Waals surface area contributed by atoms with Gasteiger partial charge >= 0.3 is 9.92 Å². The number of nitrogens with zero attached hydrogens (tertiary/aromatic N) is 3. The first-order chi connectivity index (χ1) is 3.77. The van der Waals surface area contributed by atoms with Crippen LogP contribution in [0.25, 0.3) is 5.53 Å². The molecule has 1 aliphatic rings. The highest BCUT2D eigenvalue weighted by Crippen LogP contribution is 1.98. The van der Waals surface area contributed by atoms with Gasteiger partial charge < -0.3 is 5.53 Å². The van der Waals surface area contributed by atoms with Crippen molar-refractivity contribution >= 4 is 16.1 Å². The SMILES string of the molecule is [N-]=[N+]=S1(=O)C=CC=N1. The monoisotopic (exact) mass is 129 g/mol. The lowest BCUT2D eigenvalue weighted by atomic mass is 10.7. The molecule has 1 rings (SSSR count). The van der Waals surface area contributed by atoms with E-state index in [0.717, 1.165) is 0 Å². The quantitative estimate of drug-likeness (QED) is 0.337. The third kappa shape index (κ3) is 0.685. The fourth-order valence-corrected chi connectivity index (χ4v) is 1.03. The average Bonchev–Trinajstić information content (AvgIpc) is 2.17. The molecule has 8 heavy (non-hydrogen) atoms. The molecule has 0 fully saturated rings. The molecule has 0 radical (unpaired) electrons. The van der Waals surface area contributed by atoms with Crippen molar-refractivity contribution in [1.29, 1.82) is 0 Å². The highest BCUT2D eigenvalue weighted by Gasteiger charge is 2.09. The highest BCUT2D eigenvalue weighted by molar-refractivity contribution is 7.95. The highest BCUT2D eigenvalue weighted by atomic mass is 32.2. The van der Waals surface area contributed by atoms with E-state index in [1.54, 1.807) is 0 Å². The average molecular weight is 129 g/mol. The van der Waals surface area contributed by atoms with Crippen LogP contribution in [-0.2, 0) is 9.92 Å². The van der Waals surface area contributed by atoms with E-state index < -0.39 is 9.92 Å². The van der Waals surface area contributed by atoms with E-state index in [2.05, 4.69) is 8.56 Å². The van der Waals surface area contributed by atoms with Gasteiger partial charge in [0.15, 0.2) is 0 Å². The van der Waals surface area contributed by atoms with Crippen molar-refractivity contribution in [1.82, 2.24) is 4.16 Å². The van der Waals surface area contributed by atoms with E-state index >= 15 is 0 Å². The molecule has 4 nitrogen and oxygen atoms in total. The predicted molar refractivity (Wildman–Crippen MR) is 31.3 cm³/mol. The van der Waals surface area contributed by atoms with Crippen LogP contribution in [-0.4, -0.2) is 10.4 Å². The van der Waals surface area contributed by atoms with Crippen LogP contribution in [0.15, 0.2) is 15.9 Å². The lowest BCUT2D eigenvalue weighted by Gasteiger charge is -1.69. The summed E-state index contributed by atoms with van der Waals surface area (Å²) in [6.45, 7) is 0. The van der Waals surface area contributed by atoms with Crippen molar-refractivity contribution in [2.75, 3.05) is 0 Å². The van der Waals surface area contributed by atoms with Crippen LogP contribution in [0.4, 0.5) is 0 Å². The lowest BCUT2D eigenvalue weighted by Crippen LogP contribution is -1.85. The minimum Gasteiger partial charge on any atom is -0.346 e. The van der Waals surface area contributed by atoms with Gasteiger partial charge in [-0.15, -0.1) is 4.40 Å². The van der Waals surface area contributed by atoms with Crippen LogP contribution < -0.4 is 4.16 Å². The van der Waals surface area contributed by atoms with Gasteiger partial charge in [0.25, 0.3) is 0 Å². The Balaban J connectivity index is 3.45. The van der Waals surface area contributed by atoms with Crippen LogP contribution in [0.1, 0.15) is 0 Å². The summed E-state index contributed by atoms with van der Waals surface area (Å²) in [6.07, 6.45) is 2.81. The van der Waals surface area contributed by atoms with E-state index in [9.17, 15) is 4.21 Å². The Morgan fingerprint density at radius 1 is 1.75 bits per heavy atom. The maximum Gasteiger partial charge on any atom is 0.385 e. The Bertz CT molecular complexity index is 247. The summed E-state index contributed by atoms with van der Waals surface area (Å²) < 4.78 is 16.6. The Labute approximate surface area is 46.8 Å².